The van der Waals surface area contributed by atoms with Crippen molar-refractivity contribution in [3.63, 3.8) is 0 Å². The molecule has 0 aromatic heterocycles. The zero-order chi connectivity index (χ0) is 17.5. The fraction of sp³-hybridized carbons (Fsp3) is 0.294. The third-order valence-electron chi connectivity index (χ3n) is 3.82. The van der Waals surface area contributed by atoms with Crippen LogP contribution in [0.15, 0.2) is 48.5 Å². The first-order chi connectivity index (χ1) is 10.5. The molecule has 0 nitrogen and oxygen atoms in total. The maximum atomic E-state index is 13.7. The summed E-state index contributed by atoms with van der Waals surface area (Å²) >= 11 is 0. The number of hydrogen-bond acceptors (Lipinski definition) is 0. The Morgan fingerprint density at radius 2 is 0.783 bits per heavy atom. The quantitative estimate of drug-likeness (QED) is 0.618. The van der Waals surface area contributed by atoms with Gasteiger partial charge in [0, 0.05) is 0 Å². The van der Waals surface area contributed by atoms with Crippen LogP contribution in [0.4, 0.5) is 26.3 Å². The summed E-state index contributed by atoms with van der Waals surface area (Å²) in [7, 11) is 0. The van der Waals surface area contributed by atoms with Crippen molar-refractivity contribution in [3.05, 3.63) is 70.8 Å². The lowest BCUT2D eigenvalue weighted by molar-refractivity contribution is -0.288. The summed E-state index contributed by atoms with van der Waals surface area (Å²) in [6.07, 6.45) is -11.1. The van der Waals surface area contributed by atoms with E-state index < -0.39 is 28.9 Å². The van der Waals surface area contributed by atoms with Gasteiger partial charge in [0.05, 0.1) is 0 Å². The molecule has 23 heavy (non-hydrogen) atoms. The van der Waals surface area contributed by atoms with Crippen LogP contribution >= 0.6 is 0 Å². The largest absolute Gasteiger partial charge is 0.411 e. The Kier molecular flexibility index (Phi) is 4.22. The number of benzene rings is 2. The molecule has 0 aliphatic rings. The van der Waals surface area contributed by atoms with Crippen molar-refractivity contribution in [2.75, 3.05) is 0 Å². The summed E-state index contributed by atoms with van der Waals surface area (Å²) in [6.45, 7) is 3.19. The minimum absolute atomic E-state index is 0.580. The zero-order valence-corrected chi connectivity index (χ0v) is 12.4. The number of halogens is 6. The minimum atomic E-state index is -5.53. The van der Waals surface area contributed by atoms with E-state index in [0.29, 0.717) is 11.1 Å². The Balaban J connectivity index is 2.86. The van der Waals surface area contributed by atoms with Crippen molar-refractivity contribution >= 4 is 0 Å². The fourth-order valence-corrected chi connectivity index (χ4v) is 2.59. The van der Waals surface area contributed by atoms with Crippen LogP contribution in [0, 0.1) is 13.8 Å². The van der Waals surface area contributed by atoms with Crippen LogP contribution < -0.4 is 0 Å². The molecule has 6 heteroatoms. The van der Waals surface area contributed by atoms with Crippen LogP contribution in [0.2, 0.25) is 0 Å². The van der Waals surface area contributed by atoms with E-state index in [4.69, 9.17) is 0 Å². The predicted octanol–water partition coefficient (Wildman–Crippen LogP) is 5.71. The van der Waals surface area contributed by atoms with E-state index in [0.717, 1.165) is 24.3 Å². The molecule has 0 bridgehead atoms. The molecule has 0 radical (unpaired) electrons. The summed E-state index contributed by atoms with van der Waals surface area (Å²) in [5.41, 5.74) is -4.58. The molecule has 0 aliphatic carbocycles. The molecule has 0 heterocycles. The molecule has 0 atom stereocenters. The number of alkyl halides is 6. The topological polar surface area (TPSA) is 0 Å². The SMILES string of the molecule is Cc1ccc(C(c2ccc(C)cc2)(C(F)(F)F)C(F)(F)F)cc1. The molecule has 0 fully saturated rings. The number of aryl methyl sites for hydroxylation is 2. The summed E-state index contributed by atoms with van der Waals surface area (Å²) in [6, 6.07) is 8.52. The van der Waals surface area contributed by atoms with Crippen molar-refractivity contribution < 1.29 is 26.3 Å². The van der Waals surface area contributed by atoms with Gasteiger partial charge < -0.3 is 0 Å². The molecule has 124 valence electrons. The molecule has 2 rings (SSSR count). The van der Waals surface area contributed by atoms with E-state index in [2.05, 4.69) is 0 Å². The molecule has 0 saturated carbocycles. The maximum Gasteiger partial charge on any atom is 0.411 e. The molecule has 0 N–H and O–H groups in total. The Labute approximate surface area is 129 Å². The second kappa shape index (κ2) is 5.58. The van der Waals surface area contributed by atoms with E-state index in [1.165, 1.54) is 24.3 Å². The molecule has 0 spiro atoms. The normalized spacial score (nSPS) is 13.2. The Morgan fingerprint density at radius 1 is 0.522 bits per heavy atom. The third kappa shape index (κ3) is 2.82. The van der Waals surface area contributed by atoms with Gasteiger partial charge in [-0.2, -0.15) is 26.3 Å². The van der Waals surface area contributed by atoms with Gasteiger partial charge in [-0.3, -0.25) is 0 Å². The van der Waals surface area contributed by atoms with Gasteiger partial charge in [-0.1, -0.05) is 59.7 Å². The predicted molar refractivity (Wildman–Crippen MR) is 75.2 cm³/mol. The first-order valence-electron chi connectivity index (χ1n) is 6.78. The van der Waals surface area contributed by atoms with Crippen LogP contribution in [-0.4, -0.2) is 12.4 Å². The van der Waals surface area contributed by atoms with E-state index >= 15 is 0 Å². The fourth-order valence-electron chi connectivity index (χ4n) is 2.59. The van der Waals surface area contributed by atoms with Crippen molar-refractivity contribution in [1.82, 2.24) is 0 Å². The maximum absolute atomic E-state index is 13.7. The smallest absolute Gasteiger partial charge is 0.169 e. The van der Waals surface area contributed by atoms with Gasteiger partial charge >= 0.3 is 12.4 Å². The molecular formula is C17H14F6. The highest BCUT2D eigenvalue weighted by Crippen LogP contribution is 2.56. The molecule has 2 aromatic rings. The molecule has 0 unspecified atom stereocenters. The first kappa shape index (κ1) is 17.4. The van der Waals surface area contributed by atoms with Crippen LogP contribution in [0.3, 0.4) is 0 Å². The highest BCUT2D eigenvalue weighted by atomic mass is 19.4. The van der Waals surface area contributed by atoms with Gasteiger partial charge in [0.1, 0.15) is 0 Å². The van der Waals surface area contributed by atoms with Gasteiger partial charge in [0.25, 0.3) is 0 Å². The van der Waals surface area contributed by atoms with Crippen molar-refractivity contribution in [2.45, 2.75) is 31.6 Å². The molecule has 0 saturated heterocycles. The summed E-state index contributed by atoms with van der Waals surface area (Å²) in [4.78, 5) is 0. The zero-order valence-electron chi connectivity index (χ0n) is 12.4. The second-order valence-electron chi connectivity index (χ2n) is 5.48. The van der Waals surface area contributed by atoms with Gasteiger partial charge in [-0.15, -0.1) is 0 Å². The summed E-state index contributed by atoms with van der Waals surface area (Å²) < 4.78 is 82.3. The van der Waals surface area contributed by atoms with Crippen LogP contribution in [0.5, 0.6) is 0 Å². The van der Waals surface area contributed by atoms with Crippen LogP contribution in [-0.2, 0) is 5.41 Å². The van der Waals surface area contributed by atoms with Gasteiger partial charge in [-0.25, -0.2) is 0 Å². The lowest BCUT2D eigenvalue weighted by Gasteiger charge is -2.38. The molecule has 0 aliphatic heterocycles. The number of rotatable bonds is 2. The van der Waals surface area contributed by atoms with E-state index in [1.807, 2.05) is 0 Å². The van der Waals surface area contributed by atoms with Crippen molar-refractivity contribution in [1.29, 1.82) is 0 Å². The Morgan fingerprint density at radius 3 is 1.00 bits per heavy atom. The molecule has 2 aromatic carbocycles. The minimum Gasteiger partial charge on any atom is -0.169 e. The van der Waals surface area contributed by atoms with Gasteiger partial charge in [-0.05, 0) is 25.0 Å². The third-order valence-corrected chi connectivity index (χ3v) is 3.82. The summed E-state index contributed by atoms with van der Waals surface area (Å²) in [5, 5.41) is 0. The monoisotopic (exact) mass is 332 g/mol. The standard InChI is InChI=1S/C17H14F6/c1-11-3-7-13(8-4-11)15(16(18,19)20,17(21,22)23)14-9-5-12(2)6-10-14/h3-10H,1-2H3. The lowest BCUT2D eigenvalue weighted by Crippen LogP contribution is -2.54. The lowest BCUT2D eigenvalue weighted by atomic mass is 9.72. The average molecular weight is 332 g/mol. The molecular weight excluding hydrogens is 318 g/mol. The van der Waals surface area contributed by atoms with E-state index in [1.54, 1.807) is 13.8 Å². The van der Waals surface area contributed by atoms with Gasteiger partial charge in [0.15, 0.2) is 0 Å². The van der Waals surface area contributed by atoms with E-state index in [-0.39, 0.29) is 0 Å². The van der Waals surface area contributed by atoms with Crippen LogP contribution in [0.1, 0.15) is 22.3 Å². The first-order valence-corrected chi connectivity index (χ1v) is 6.78. The Hall–Kier alpha value is -1.98. The van der Waals surface area contributed by atoms with Gasteiger partial charge in [0.2, 0.25) is 5.41 Å². The highest BCUT2D eigenvalue weighted by Gasteiger charge is 2.72. The highest BCUT2D eigenvalue weighted by molar-refractivity contribution is 5.45. The average Bonchev–Trinajstić information content (AvgIpc) is 2.40. The van der Waals surface area contributed by atoms with E-state index in [9.17, 15) is 26.3 Å². The van der Waals surface area contributed by atoms with Crippen molar-refractivity contribution in [2.24, 2.45) is 0 Å². The van der Waals surface area contributed by atoms with Crippen molar-refractivity contribution in [3.8, 4) is 0 Å². The summed E-state index contributed by atoms with van der Waals surface area (Å²) in [5.74, 6) is 0. The second-order valence-corrected chi connectivity index (χ2v) is 5.48. The molecule has 0 amide bonds. The Bertz CT molecular complexity index is 601. The number of hydrogen-bond donors (Lipinski definition) is 0. The van der Waals surface area contributed by atoms with Crippen LogP contribution in [0.25, 0.3) is 0 Å².